The minimum atomic E-state index is -3.39. The average Bonchev–Trinajstić information content (AvgIpc) is 3.49. The van der Waals surface area contributed by atoms with Crippen LogP contribution in [-0.2, 0) is 9.84 Å². The van der Waals surface area contributed by atoms with Crippen LogP contribution in [0.2, 0.25) is 5.02 Å². The van der Waals surface area contributed by atoms with Crippen LogP contribution < -0.4 is 0 Å². The van der Waals surface area contributed by atoms with Crippen molar-refractivity contribution >= 4 is 27.2 Å². The number of nitrogens with zero attached hydrogens (tertiary/aromatic N) is 5. The third-order valence-electron chi connectivity index (χ3n) is 5.95. The van der Waals surface area contributed by atoms with Gasteiger partial charge in [-0.05, 0) is 73.5 Å². The van der Waals surface area contributed by atoms with Crippen LogP contribution in [0.3, 0.4) is 0 Å². The Morgan fingerprint density at radius 3 is 2.32 bits per heavy atom. The van der Waals surface area contributed by atoms with Gasteiger partial charge >= 0.3 is 0 Å². The van der Waals surface area contributed by atoms with Crippen molar-refractivity contribution in [1.29, 1.82) is 0 Å². The highest BCUT2D eigenvalue weighted by molar-refractivity contribution is 7.90. The molecule has 8 nitrogen and oxygen atoms in total. The van der Waals surface area contributed by atoms with E-state index in [1.807, 2.05) is 48.9 Å². The summed E-state index contributed by atoms with van der Waals surface area (Å²) in [5.74, 6) is 0.492. The highest BCUT2D eigenvalue weighted by Crippen LogP contribution is 2.30. The second-order valence-corrected chi connectivity index (χ2v) is 11.1. The van der Waals surface area contributed by atoms with Gasteiger partial charge in [0.25, 0.3) is 0 Å². The molecule has 0 aliphatic carbocycles. The van der Waals surface area contributed by atoms with Crippen molar-refractivity contribution in [3.05, 3.63) is 107 Å². The molecule has 3 aromatic carbocycles. The first-order chi connectivity index (χ1) is 17.6. The van der Waals surface area contributed by atoms with E-state index in [9.17, 15) is 13.2 Å². The van der Waals surface area contributed by atoms with Crippen LogP contribution in [0.25, 0.3) is 22.5 Å². The molecule has 186 valence electrons. The Hall–Kier alpha value is -4.08. The zero-order chi connectivity index (χ0) is 26.3. The van der Waals surface area contributed by atoms with E-state index in [-0.39, 0.29) is 16.4 Å². The molecule has 37 heavy (non-hydrogen) atoms. The number of sulfone groups is 1. The fourth-order valence-electron chi connectivity index (χ4n) is 4.16. The van der Waals surface area contributed by atoms with E-state index in [0.717, 1.165) is 22.8 Å². The molecular weight excluding hydrogens is 510 g/mol. The molecule has 0 bridgehead atoms. The van der Waals surface area contributed by atoms with Crippen LogP contribution in [0, 0.1) is 13.8 Å². The van der Waals surface area contributed by atoms with Crippen LogP contribution in [0.5, 0.6) is 0 Å². The molecule has 2 aromatic heterocycles. The molecule has 0 saturated heterocycles. The Balaban J connectivity index is 1.71. The maximum Gasteiger partial charge on any atom is 0.213 e. The van der Waals surface area contributed by atoms with Crippen LogP contribution >= 0.6 is 11.6 Å². The third kappa shape index (κ3) is 4.83. The van der Waals surface area contributed by atoms with E-state index < -0.39 is 9.84 Å². The summed E-state index contributed by atoms with van der Waals surface area (Å²) in [5, 5.41) is 8.82. The topological polar surface area (TPSA) is 99.7 Å². The normalized spacial score (nSPS) is 11.6. The summed E-state index contributed by atoms with van der Waals surface area (Å²) in [6.07, 6.45) is 4.49. The fraction of sp³-hybridized carbons (Fsp3) is 0.111. The van der Waals surface area contributed by atoms with Crippen molar-refractivity contribution in [2.45, 2.75) is 18.7 Å². The minimum Gasteiger partial charge on any atom is -0.302 e. The van der Waals surface area contributed by atoms with Gasteiger partial charge in [0, 0.05) is 23.0 Å². The smallest absolute Gasteiger partial charge is 0.213 e. The summed E-state index contributed by atoms with van der Waals surface area (Å²) in [6, 6.07) is 19.0. The summed E-state index contributed by atoms with van der Waals surface area (Å²) in [4.78, 5) is 18.1. The van der Waals surface area contributed by atoms with E-state index in [1.54, 1.807) is 42.5 Å². The van der Waals surface area contributed by atoms with Gasteiger partial charge in [0.05, 0.1) is 28.2 Å². The van der Waals surface area contributed by atoms with Crippen molar-refractivity contribution < 1.29 is 13.2 Å². The molecule has 0 spiro atoms. The monoisotopic (exact) mass is 531 g/mol. The van der Waals surface area contributed by atoms with Gasteiger partial charge < -0.3 is 4.57 Å². The standard InChI is InChI=1S/C27H22ClN5O3S/c1-17-16-32(18(2)30-17)24-12-9-21(20-5-4-6-23(13-20)37(3,35)36)14-25(24)33-26(15-29-31-33)27(34)19-7-10-22(28)11-8-19/h4-16H,1-3H3. The second kappa shape index (κ2) is 9.42. The largest absolute Gasteiger partial charge is 0.302 e. The van der Waals surface area contributed by atoms with E-state index >= 15 is 0 Å². The molecule has 0 radical (unpaired) electrons. The first-order valence-corrected chi connectivity index (χ1v) is 13.6. The Bertz CT molecular complexity index is 1760. The highest BCUT2D eigenvalue weighted by Gasteiger charge is 2.21. The SMILES string of the molecule is Cc1cn(-c2ccc(-c3cccc(S(C)(=O)=O)c3)cc2-n2nncc2C(=O)c2ccc(Cl)cc2)c(C)n1. The number of benzene rings is 3. The summed E-state index contributed by atoms with van der Waals surface area (Å²) in [6.45, 7) is 3.79. The Labute approximate surface area is 219 Å². The van der Waals surface area contributed by atoms with Crippen molar-refractivity contribution in [3.63, 3.8) is 0 Å². The summed E-state index contributed by atoms with van der Waals surface area (Å²) in [7, 11) is -3.39. The van der Waals surface area contributed by atoms with Crippen LogP contribution in [0.1, 0.15) is 27.6 Å². The molecule has 5 aromatic rings. The first-order valence-electron chi connectivity index (χ1n) is 11.3. The molecule has 0 amide bonds. The molecule has 10 heteroatoms. The molecule has 0 N–H and O–H groups in total. The number of ketones is 1. The van der Waals surface area contributed by atoms with Crippen molar-refractivity contribution in [2.75, 3.05) is 6.26 Å². The molecule has 0 saturated carbocycles. The number of carbonyl (C=O) groups excluding carboxylic acids is 1. The lowest BCUT2D eigenvalue weighted by Gasteiger charge is -2.15. The Morgan fingerprint density at radius 1 is 0.919 bits per heavy atom. The minimum absolute atomic E-state index is 0.219. The van der Waals surface area contributed by atoms with Crippen molar-refractivity contribution in [3.8, 4) is 22.5 Å². The first kappa shape index (κ1) is 24.6. The number of carbonyl (C=O) groups is 1. The van der Waals surface area contributed by atoms with Gasteiger partial charge in [-0.1, -0.05) is 35.0 Å². The molecule has 0 aliphatic heterocycles. The Kier molecular flexibility index (Phi) is 6.26. The quantitative estimate of drug-likeness (QED) is 0.285. The predicted molar refractivity (Wildman–Crippen MR) is 141 cm³/mol. The molecule has 0 atom stereocenters. The lowest BCUT2D eigenvalue weighted by molar-refractivity contribution is 0.103. The number of rotatable bonds is 6. The summed E-state index contributed by atoms with van der Waals surface area (Å²) < 4.78 is 27.7. The number of aromatic nitrogens is 5. The second-order valence-electron chi connectivity index (χ2n) is 8.67. The van der Waals surface area contributed by atoms with E-state index in [2.05, 4.69) is 15.3 Å². The van der Waals surface area contributed by atoms with Crippen LogP contribution in [-0.4, -0.2) is 45.0 Å². The van der Waals surface area contributed by atoms with Crippen molar-refractivity contribution in [2.24, 2.45) is 0 Å². The number of imidazole rings is 1. The molecule has 0 aliphatic rings. The Morgan fingerprint density at radius 2 is 1.65 bits per heavy atom. The summed E-state index contributed by atoms with van der Waals surface area (Å²) >= 11 is 6.00. The number of hydrogen-bond donors (Lipinski definition) is 0. The lowest BCUT2D eigenvalue weighted by Crippen LogP contribution is -2.13. The molecule has 0 unspecified atom stereocenters. The van der Waals surface area contributed by atoms with Gasteiger partial charge in [-0.2, -0.15) is 0 Å². The zero-order valence-electron chi connectivity index (χ0n) is 20.3. The summed E-state index contributed by atoms with van der Waals surface area (Å²) in [5.41, 5.74) is 4.32. The molecule has 2 heterocycles. The third-order valence-corrected chi connectivity index (χ3v) is 7.31. The maximum absolute atomic E-state index is 13.4. The van der Waals surface area contributed by atoms with Gasteiger partial charge in [0.15, 0.2) is 9.84 Å². The van der Waals surface area contributed by atoms with Gasteiger partial charge in [-0.25, -0.2) is 18.1 Å². The lowest BCUT2D eigenvalue weighted by atomic mass is 10.0. The number of hydrogen-bond acceptors (Lipinski definition) is 6. The average molecular weight is 532 g/mol. The van der Waals surface area contributed by atoms with Gasteiger partial charge in [-0.15, -0.1) is 5.10 Å². The zero-order valence-corrected chi connectivity index (χ0v) is 21.8. The molecular formula is C27H22ClN5O3S. The van der Waals surface area contributed by atoms with E-state index in [0.29, 0.717) is 21.8 Å². The van der Waals surface area contributed by atoms with Gasteiger partial charge in [0.2, 0.25) is 5.78 Å². The van der Waals surface area contributed by atoms with Crippen molar-refractivity contribution in [1.82, 2.24) is 24.5 Å². The van der Waals surface area contributed by atoms with E-state index in [4.69, 9.17) is 11.6 Å². The van der Waals surface area contributed by atoms with Crippen LogP contribution in [0.4, 0.5) is 0 Å². The predicted octanol–water partition coefficient (Wildman–Crippen LogP) is 5.02. The highest BCUT2D eigenvalue weighted by atomic mass is 35.5. The van der Waals surface area contributed by atoms with Crippen LogP contribution in [0.15, 0.2) is 84.0 Å². The number of aryl methyl sites for hydroxylation is 2. The van der Waals surface area contributed by atoms with Gasteiger partial charge in [-0.3, -0.25) is 4.79 Å². The maximum atomic E-state index is 13.4. The van der Waals surface area contributed by atoms with E-state index in [1.165, 1.54) is 17.1 Å². The van der Waals surface area contributed by atoms with Gasteiger partial charge in [0.1, 0.15) is 11.5 Å². The fourth-order valence-corrected chi connectivity index (χ4v) is 4.95. The molecule has 0 fully saturated rings. The number of halogens is 1. The molecule has 5 rings (SSSR count).